The number of nitrogens with zero attached hydrogens (tertiary/aromatic N) is 3. The molecule has 1 unspecified atom stereocenters. The SMILES string of the molecule is CC(C)(C)NCC1(CN2CCn3ccnc3C2)CCOC1. The Kier molecular flexibility index (Phi) is 4.08. The van der Waals surface area contributed by atoms with Crippen molar-refractivity contribution in [2.75, 3.05) is 32.8 Å². The summed E-state index contributed by atoms with van der Waals surface area (Å²) in [6.45, 7) is 13.7. The number of hydrogen-bond acceptors (Lipinski definition) is 4. The second-order valence-corrected chi connectivity index (χ2v) is 7.65. The number of hydrogen-bond donors (Lipinski definition) is 1. The summed E-state index contributed by atoms with van der Waals surface area (Å²) in [4.78, 5) is 7.01. The van der Waals surface area contributed by atoms with Crippen LogP contribution in [0, 0.1) is 5.41 Å². The van der Waals surface area contributed by atoms with Gasteiger partial charge in [0.05, 0.1) is 13.2 Å². The minimum Gasteiger partial charge on any atom is -0.381 e. The molecular formula is C16H28N4O. The topological polar surface area (TPSA) is 42.3 Å². The Balaban J connectivity index is 1.63. The lowest BCUT2D eigenvalue weighted by Gasteiger charge is -2.38. The fourth-order valence-electron chi connectivity index (χ4n) is 3.26. The Labute approximate surface area is 127 Å². The summed E-state index contributed by atoms with van der Waals surface area (Å²) in [5, 5.41) is 3.68. The number of ether oxygens (including phenoxy) is 1. The van der Waals surface area contributed by atoms with Gasteiger partial charge in [-0.15, -0.1) is 0 Å². The maximum Gasteiger partial charge on any atom is 0.122 e. The summed E-state index contributed by atoms with van der Waals surface area (Å²) < 4.78 is 8.00. The van der Waals surface area contributed by atoms with Crippen molar-refractivity contribution in [3.63, 3.8) is 0 Å². The van der Waals surface area contributed by atoms with Crippen LogP contribution in [0.15, 0.2) is 12.4 Å². The molecule has 2 aliphatic heterocycles. The van der Waals surface area contributed by atoms with Gasteiger partial charge in [-0.1, -0.05) is 0 Å². The van der Waals surface area contributed by atoms with E-state index in [-0.39, 0.29) is 11.0 Å². The Hall–Kier alpha value is -0.910. The molecule has 2 aliphatic rings. The van der Waals surface area contributed by atoms with Gasteiger partial charge in [0, 0.05) is 56.1 Å². The van der Waals surface area contributed by atoms with Crippen LogP contribution in [-0.4, -0.2) is 52.8 Å². The van der Waals surface area contributed by atoms with E-state index >= 15 is 0 Å². The van der Waals surface area contributed by atoms with Crippen LogP contribution in [0.25, 0.3) is 0 Å². The maximum atomic E-state index is 5.73. The molecule has 0 aliphatic carbocycles. The van der Waals surface area contributed by atoms with E-state index in [1.165, 1.54) is 5.82 Å². The Bertz CT molecular complexity index is 471. The number of imidazole rings is 1. The van der Waals surface area contributed by atoms with E-state index in [9.17, 15) is 0 Å². The van der Waals surface area contributed by atoms with Gasteiger partial charge >= 0.3 is 0 Å². The summed E-state index contributed by atoms with van der Waals surface area (Å²) in [6, 6.07) is 0. The average Bonchev–Trinajstić information content (AvgIpc) is 3.05. The van der Waals surface area contributed by atoms with Crippen molar-refractivity contribution in [2.45, 2.75) is 45.8 Å². The molecule has 1 atom stereocenters. The van der Waals surface area contributed by atoms with Gasteiger partial charge < -0.3 is 14.6 Å². The Morgan fingerprint density at radius 1 is 1.38 bits per heavy atom. The summed E-state index contributed by atoms with van der Waals surface area (Å²) in [7, 11) is 0. The molecule has 0 radical (unpaired) electrons. The molecule has 118 valence electrons. The van der Waals surface area contributed by atoms with Crippen LogP contribution >= 0.6 is 0 Å². The van der Waals surface area contributed by atoms with Gasteiger partial charge in [-0.2, -0.15) is 0 Å². The number of nitrogens with one attached hydrogen (secondary N) is 1. The van der Waals surface area contributed by atoms with Crippen LogP contribution in [0.2, 0.25) is 0 Å². The molecule has 5 heteroatoms. The highest BCUT2D eigenvalue weighted by molar-refractivity contribution is 4.98. The van der Waals surface area contributed by atoms with Crippen molar-refractivity contribution < 1.29 is 4.74 Å². The van der Waals surface area contributed by atoms with E-state index in [1.54, 1.807) is 0 Å². The molecule has 0 bridgehead atoms. The zero-order chi connectivity index (χ0) is 14.9. The summed E-state index contributed by atoms with van der Waals surface area (Å²) in [6.07, 6.45) is 5.15. The second-order valence-electron chi connectivity index (χ2n) is 7.65. The second kappa shape index (κ2) is 5.71. The van der Waals surface area contributed by atoms with Crippen LogP contribution in [0.1, 0.15) is 33.0 Å². The van der Waals surface area contributed by atoms with Crippen LogP contribution in [0.5, 0.6) is 0 Å². The minimum absolute atomic E-state index is 0.160. The predicted octanol–water partition coefficient (Wildman–Crippen LogP) is 1.49. The van der Waals surface area contributed by atoms with E-state index in [2.05, 4.69) is 46.7 Å². The lowest BCUT2D eigenvalue weighted by Crippen LogP contribution is -2.50. The highest BCUT2D eigenvalue weighted by Crippen LogP contribution is 2.31. The number of fused-ring (bicyclic) bond motifs is 1. The first-order valence-electron chi connectivity index (χ1n) is 8.01. The lowest BCUT2D eigenvalue weighted by atomic mass is 9.85. The fraction of sp³-hybridized carbons (Fsp3) is 0.812. The molecule has 1 saturated heterocycles. The third-order valence-electron chi connectivity index (χ3n) is 4.56. The van der Waals surface area contributed by atoms with E-state index in [0.29, 0.717) is 0 Å². The standard InChI is InChI=1S/C16H28N4O/c1-15(2,3)18-11-16(4-9-21-13-16)12-19-7-8-20-6-5-17-14(20)10-19/h5-6,18H,4,7-13H2,1-3H3. The molecule has 0 saturated carbocycles. The third kappa shape index (κ3) is 3.65. The number of aromatic nitrogens is 2. The Morgan fingerprint density at radius 2 is 2.24 bits per heavy atom. The van der Waals surface area contributed by atoms with Gasteiger partial charge in [0.2, 0.25) is 0 Å². The molecule has 21 heavy (non-hydrogen) atoms. The largest absolute Gasteiger partial charge is 0.381 e. The lowest BCUT2D eigenvalue weighted by molar-refractivity contribution is 0.0886. The molecule has 1 aromatic heterocycles. The van der Waals surface area contributed by atoms with Crippen molar-refractivity contribution in [3.05, 3.63) is 18.2 Å². The van der Waals surface area contributed by atoms with Gasteiger partial charge in [0.25, 0.3) is 0 Å². The van der Waals surface area contributed by atoms with Gasteiger partial charge in [-0.05, 0) is 27.2 Å². The molecule has 1 aromatic rings. The Morgan fingerprint density at radius 3 is 2.95 bits per heavy atom. The average molecular weight is 292 g/mol. The molecule has 0 aromatic carbocycles. The molecule has 1 N–H and O–H groups in total. The van der Waals surface area contributed by atoms with Gasteiger partial charge in [0.15, 0.2) is 0 Å². The molecule has 3 heterocycles. The van der Waals surface area contributed by atoms with Crippen molar-refractivity contribution >= 4 is 0 Å². The molecule has 1 fully saturated rings. The zero-order valence-electron chi connectivity index (χ0n) is 13.6. The summed E-state index contributed by atoms with van der Waals surface area (Å²) in [5.74, 6) is 1.19. The van der Waals surface area contributed by atoms with Crippen molar-refractivity contribution in [1.82, 2.24) is 19.8 Å². The first kappa shape index (κ1) is 15.0. The van der Waals surface area contributed by atoms with E-state index < -0.39 is 0 Å². The van der Waals surface area contributed by atoms with E-state index in [1.807, 2.05) is 6.20 Å². The van der Waals surface area contributed by atoms with Crippen molar-refractivity contribution in [1.29, 1.82) is 0 Å². The minimum atomic E-state index is 0.160. The van der Waals surface area contributed by atoms with Crippen LogP contribution in [0.4, 0.5) is 0 Å². The monoisotopic (exact) mass is 292 g/mol. The van der Waals surface area contributed by atoms with Crippen LogP contribution in [-0.2, 0) is 17.8 Å². The molecule has 0 amide bonds. The fourth-order valence-corrected chi connectivity index (χ4v) is 3.26. The highest BCUT2D eigenvalue weighted by atomic mass is 16.5. The van der Waals surface area contributed by atoms with Crippen LogP contribution < -0.4 is 5.32 Å². The summed E-state index contributed by atoms with van der Waals surface area (Å²) in [5.41, 5.74) is 0.412. The first-order chi connectivity index (χ1) is 9.96. The molecular weight excluding hydrogens is 264 g/mol. The maximum absolute atomic E-state index is 5.73. The molecule has 5 nitrogen and oxygen atoms in total. The van der Waals surface area contributed by atoms with E-state index in [0.717, 1.165) is 52.4 Å². The molecule has 3 rings (SSSR count). The van der Waals surface area contributed by atoms with Gasteiger partial charge in [-0.3, -0.25) is 4.90 Å². The summed E-state index contributed by atoms with van der Waals surface area (Å²) >= 11 is 0. The zero-order valence-corrected chi connectivity index (χ0v) is 13.6. The third-order valence-corrected chi connectivity index (χ3v) is 4.56. The highest BCUT2D eigenvalue weighted by Gasteiger charge is 2.38. The number of rotatable bonds is 4. The smallest absolute Gasteiger partial charge is 0.122 e. The van der Waals surface area contributed by atoms with Crippen molar-refractivity contribution in [2.24, 2.45) is 5.41 Å². The molecule has 0 spiro atoms. The van der Waals surface area contributed by atoms with Crippen molar-refractivity contribution in [3.8, 4) is 0 Å². The van der Waals surface area contributed by atoms with Crippen LogP contribution in [0.3, 0.4) is 0 Å². The predicted molar refractivity (Wildman–Crippen MR) is 83.1 cm³/mol. The van der Waals surface area contributed by atoms with E-state index in [4.69, 9.17) is 4.74 Å². The van der Waals surface area contributed by atoms with Gasteiger partial charge in [-0.25, -0.2) is 4.98 Å². The normalized spacial score (nSPS) is 27.0. The first-order valence-corrected chi connectivity index (χ1v) is 8.01. The quantitative estimate of drug-likeness (QED) is 0.913. The van der Waals surface area contributed by atoms with Gasteiger partial charge in [0.1, 0.15) is 5.82 Å².